The molecule has 0 radical (unpaired) electrons. The Morgan fingerprint density at radius 3 is 1.92 bits per heavy atom. The molecule has 0 N–H and O–H groups in total. The summed E-state index contributed by atoms with van der Waals surface area (Å²) < 4.78 is 17.8. The molecule has 4 rings (SSSR count). The molecule has 4 nitrogen and oxygen atoms in total. The molecule has 0 spiro atoms. The minimum Gasteiger partial charge on any atom is -0.399 e. The van der Waals surface area contributed by atoms with Gasteiger partial charge in [-0.05, 0) is 51.6 Å². The molecule has 5 heteroatoms. The molecular formula is C19H28BNO3. The van der Waals surface area contributed by atoms with Crippen LogP contribution in [0.3, 0.4) is 0 Å². The van der Waals surface area contributed by atoms with Crippen molar-refractivity contribution in [1.82, 2.24) is 4.90 Å². The van der Waals surface area contributed by atoms with Crippen molar-refractivity contribution in [3.63, 3.8) is 0 Å². The normalized spacial score (nSPS) is 28.1. The summed E-state index contributed by atoms with van der Waals surface area (Å²) in [4.78, 5) is 2.60. The van der Waals surface area contributed by atoms with Crippen LogP contribution in [-0.4, -0.2) is 49.5 Å². The van der Waals surface area contributed by atoms with E-state index in [2.05, 4.69) is 56.9 Å². The van der Waals surface area contributed by atoms with Crippen molar-refractivity contribution in [2.75, 3.05) is 26.3 Å². The van der Waals surface area contributed by atoms with Crippen LogP contribution in [0.5, 0.6) is 0 Å². The van der Waals surface area contributed by atoms with Crippen LogP contribution in [0.2, 0.25) is 0 Å². The molecule has 3 aliphatic rings. The summed E-state index contributed by atoms with van der Waals surface area (Å²) in [6, 6.07) is 8.89. The number of rotatable bonds is 3. The lowest BCUT2D eigenvalue weighted by atomic mass is 9.78. The van der Waals surface area contributed by atoms with Crippen LogP contribution in [0.15, 0.2) is 24.3 Å². The van der Waals surface area contributed by atoms with E-state index in [0.717, 1.165) is 31.8 Å². The molecule has 3 fully saturated rings. The maximum Gasteiger partial charge on any atom is 0.494 e. The van der Waals surface area contributed by atoms with E-state index in [9.17, 15) is 0 Å². The van der Waals surface area contributed by atoms with Crippen LogP contribution in [0.25, 0.3) is 0 Å². The molecule has 0 unspecified atom stereocenters. The fraction of sp³-hybridized carbons (Fsp3) is 0.684. The predicted molar refractivity (Wildman–Crippen MR) is 95.5 cm³/mol. The lowest BCUT2D eigenvalue weighted by molar-refractivity contribution is 0.00578. The molecule has 2 aliphatic heterocycles. The summed E-state index contributed by atoms with van der Waals surface area (Å²) >= 11 is 0. The molecule has 0 atom stereocenters. The number of nitrogens with zero attached hydrogens (tertiary/aromatic N) is 1. The Morgan fingerprint density at radius 1 is 0.875 bits per heavy atom. The summed E-state index contributed by atoms with van der Waals surface area (Å²) in [5, 5.41) is 0. The molecule has 2 saturated heterocycles. The largest absolute Gasteiger partial charge is 0.494 e. The quantitative estimate of drug-likeness (QED) is 0.797. The molecule has 1 aromatic rings. The van der Waals surface area contributed by atoms with Gasteiger partial charge in [-0.25, -0.2) is 0 Å². The van der Waals surface area contributed by atoms with Gasteiger partial charge in [-0.15, -0.1) is 0 Å². The van der Waals surface area contributed by atoms with Gasteiger partial charge in [-0.2, -0.15) is 0 Å². The smallest absolute Gasteiger partial charge is 0.399 e. The van der Waals surface area contributed by atoms with Gasteiger partial charge >= 0.3 is 7.12 Å². The highest BCUT2D eigenvalue weighted by molar-refractivity contribution is 6.62. The Balaban J connectivity index is 1.52. The van der Waals surface area contributed by atoms with E-state index >= 15 is 0 Å². The first kappa shape index (κ1) is 16.6. The Bertz CT molecular complexity index is 588. The Hall–Kier alpha value is -0.875. The summed E-state index contributed by atoms with van der Waals surface area (Å²) in [6.07, 6.45) is 2.51. The highest BCUT2D eigenvalue weighted by Gasteiger charge is 2.52. The molecule has 24 heavy (non-hydrogen) atoms. The summed E-state index contributed by atoms with van der Waals surface area (Å²) in [7, 11) is -0.275. The van der Waals surface area contributed by atoms with Crippen molar-refractivity contribution in [3.05, 3.63) is 29.8 Å². The fourth-order valence-corrected chi connectivity index (χ4v) is 3.83. The first-order valence-electron chi connectivity index (χ1n) is 9.13. The van der Waals surface area contributed by atoms with Gasteiger partial charge in [0.1, 0.15) is 0 Å². The molecule has 0 amide bonds. The number of ether oxygens (including phenoxy) is 1. The molecule has 2 heterocycles. The maximum atomic E-state index is 6.16. The van der Waals surface area contributed by atoms with Gasteiger partial charge in [0.15, 0.2) is 0 Å². The van der Waals surface area contributed by atoms with E-state index in [1.54, 1.807) is 0 Å². The van der Waals surface area contributed by atoms with Gasteiger partial charge in [0.25, 0.3) is 0 Å². The van der Waals surface area contributed by atoms with Crippen LogP contribution in [0.1, 0.15) is 46.1 Å². The van der Waals surface area contributed by atoms with E-state index < -0.39 is 0 Å². The SMILES string of the molecule is CC1(C)OB(c2ccc(C3(N4CCOCC4)CC3)cc2)OC1(C)C. The average Bonchev–Trinajstić information content (AvgIpc) is 3.32. The second kappa shape index (κ2) is 5.56. The van der Waals surface area contributed by atoms with Crippen LogP contribution in [0.4, 0.5) is 0 Å². The summed E-state index contributed by atoms with van der Waals surface area (Å²) in [5.74, 6) is 0. The van der Waals surface area contributed by atoms with Crippen LogP contribution < -0.4 is 5.46 Å². The minimum atomic E-state index is -0.290. The lowest BCUT2D eigenvalue weighted by Gasteiger charge is -2.35. The van der Waals surface area contributed by atoms with Crippen molar-refractivity contribution >= 4 is 12.6 Å². The van der Waals surface area contributed by atoms with Crippen molar-refractivity contribution in [2.45, 2.75) is 57.3 Å². The van der Waals surface area contributed by atoms with Gasteiger partial charge in [0.05, 0.1) is 24.4 Å². The zero-order valence-electron chi connectivity index (χ0n) is 15.3. The van der Waals surface area contributed by atoms with Crippen LogP contribution in [0, 0.1) is 0 Å². The molecule has 130 valence electrons. The fourth-order valence-electron chi connectivity index (χ4n) is 3.83. The Morgan fingerprint density at radius 2 is 1.42 bits per heavy atom. The van der Waals surface area contributed by atoms with Gasteiger partial charge in [0, 0.05) is 18.6 Å². The summed E-state index contributed by atoms with van der Waals surface area (Å²) in [5.41, 5.74) is 2.20. The molecular weight excluding hydrogens is 301 g/mol. The van der Waals surface area contributed by atoms with Crippen LogP contribution in [-0.2, 0) is 19.6 Å². The van der Waals surface area contributed by atoms with Crippen molar-refractivity contribution in [1.29, 1.82) is 0 Å². The topological polar surface area (TPSA) is 30.9 Å². The van der Waals surface area contributed by atoms with E-state index in [0.29, 0.717) is 0 Å². The van der Waals surface area contributed by atoms with Crippen molar-refractivity contribution in [2.24, 2.45) is 0 Å². The van der Waals surface area contributed by atoms with E-state index in [4.69, 9.17) is 14.0 Å². The third-order valence-corrected chi connectivity index (χ3v) is 6.31. The van der Waals surface area contributed by atoms with E-state index in [1.165, 1.54) is 18.4 Å². The Kier molecular flexibility index (Phi) is 3.85. The van der Waals surface area contributed by atoms with Crippen molar-refractivity contribution < 1.29 is 14.0 Å². The predicted octanol–water partition coefficient (Wildman–Crippen LogP) is 2.31. The molecule has 1 saturated carbocycles. The highest BCUT2D eigenvalue weighted by atomic mass is 16.7. The van der Waals surface area contributed by atoms with E-state index in [-0.39, 0.29) is 23.9 Å². The second-order valence-electron chi connectivity index (χ2n) is 8.34. The highest BCUT2D eigenvalue weighted by Crippen LogP contribution is 2.51. The first-order valence-corrected chi connectivity index (χ1v) is 9.13. The van der Waals surface area contributed by atoms with Gasteiger partial charge in [-0.1, -0.05) is 24.3 Å². The van der Waals surface area contributed by atoms with Crippen LogP contribution >= 0.6 is 0 Å². The second-order valence-corrected chi connectivity index (χ2v) is 8.34. The molecule has 1 aromatic carbocycles. The third kappa shape index (κ3) is 2.62. The Labute approximate surface area is 145 Å². The molecule has 0 bridgehead atoms. The summed E-state index contributed by atoms with van der Waals surface area (Å²) in [6.45, 7) is 12.2. The third-order valence-electron chi connectivity index (χ3n) is 6.31. The van der Waals surface area contributed by atoms with Crippen molar-refractivity contribution in [3.8, 4) is 0 Å². The zero-order valence-corrected chi connectivity index (χ0v) is 15.3. The van der Waals surface area contributed by atoms with Gasteiger partial charge < -0.3 is 14.0 Å². The molecule has 0 aromatic heterocycles. The van der Waals surface area contributed by atoms with Gasteiger partial charge in [0.2, 0.25) is 0 Å². The standard InChI is InChI=1S/C19H28BNO3/c1-17(2)18(3,4)24-20(23-17)16-7-5-15(6-8-16)19(9-10-19)21-11-13-22-14-12-21/h5-8H,9-14H2,1-4H3. The lowest BCUT2D eigenvalue weighted by Crippen LogP contribution is -2.43. The number of hydrogen-bond donors (Lipinski definition) is 0. The monoisotopic (exact) mass is 329 g/mol. The number of benzene rings is 1. The number of hydrogen-bond acceptors (Lipinski definition) is 4. The first-order chi connectivity index (χ1) is 11.3. The van der Waals surface area contributed by atoms with E-state index in [1.807, 2.05) is 0 Å². The number of morpholine rings is 1. The molecule has 1 aliphatic carbocycles. The average molecular weight is 329 g/mol. The van der Waals surface area contributed by atoms with Gasteiger partial charge in [-0.3, -0.25) is 4.90 Å². The maximum absolute atomic E-state index is 6.16. The zero-order chi connectivity index (χ0) is 17.0. The minimum absolute atomic E-state index is 0.248.